The first-order valence-electron chi connectivity index (χ1n) is 5.70. The van der Waals surface area contributed by atoms with Crippen molar-refractivity contribution < 1.29 is 4.52 Å². The number of nitrogens with zero attached hydrogens (tertiary/aromatic N) is 2. The summed E-state index contributed by atoms with van der Waals surface area (Å²) in [5.74, 6) is 0.889. The minimum Gasteiger partial charge on any atom is -0.359 e. The van der Waals surface area contributed by atoms with E-state index in [1.54, 1.807) is 0 Å². The summed E-state index contributed by atoms with van der Waals surface area (Å²) in [6, 6.07) is 10.6. The van der Waals surface area contributed by atoms with Crippen molar-refractivity contribution in [3.63, 3.8) is 0 Å². The number of rotatable bonds is 2. The number of fused-ring (bicyclic) bond motifs is 1. The van der Waals surface area contributed by atoms with Gasteiger partial charge in [0.15, 0.2) is 5.76 Å². The van der Waals surface area contributed by atoms with Crippen LogP contribution in [0.1, 0.15) is 17.0 Å². The quantitative estimate of drug-likeness (QED) is 0.671. The highest BCUT2D eigenvalue weighted by Gasteiger charge is 2.05. The van der Waals surface area contributed by atoms with E-state index >= 15 is 0 Å². The van der Waals surface area contributed by atoms with Gasteiger partial charge in [0.1, 0.15) is 0 Å². The van der Waals surface area contributed by atoms with E-state index in [9.17, 15) is 0 Å². The molecule has 0 fully saturated rings. The molecule has 0 amide bonds. The predicted molar refractivity (Wildman–Crippen MR) is 67.0 cm³/mol. The van der Waals surface area contributed by atoms with Crippen molar-refractivity contribution in [1.29, 1.82) is 0 Å². The number of benzene rings is 1. The van der Waals surface area contributed by atoms with Gasteiger partial charge in [-0.3, -0.25) is 0 Å². The van der Waals surface area contributed by atoms with Gasteiger partial charge in [0, 0.05) is 17.8 Å². The van der Waals surface area contributed by atoms with Crippen molar-refractivity contribution in [3.8, 4) is 0 Å². The summed E-state index contributed by atoms with van der Waals surface area (Å²) in [7, 11) is 0. The lowest BCUT2D eigenvalue weighted by molar-refractivity contribution is 0.374. The highest BCUT2D eigenvalue weighted by molar-refractivity contribution is 5.80. The number of aryl methyl sites for hydroxylation is 2. The van der Waals surface area contributed by atoms with E-state index in [0.29, 0.717) is 0 Å². The molecule has 2 heterocycles. The molecule has 3 aromatic rings. The van der Waals surface area contributed by atoms with Crippen molar-refractivity contribution in [2.45, 2.75) is 20.4 Å². The highest BCUT2D eigenvalue weighted by Crippen LogP contribution is 2.18. The third-order valence-electron chi connectivity index (χ3n) is 2.93. The first kappa shape index (κ1) is 10.1. The molecular weight excluding hydrogens is 212 g/mol. The number of hydrogen-bond acceptors (Lipinski definition) is 2. The Morgan fingerprint density at radius 1 is 1.18 bits per heavy atom. The molecule has 0 spiro atoms. The van der Waals surface area contributed by atoms with Crippen LogP contribution < -0.4 is 0 Å². The first-order valence-corrected chi connectivity index (χ1v) is 5.70. The Hall–Kier alpha value is -2.03. The second-order valence-corrected chi connectivity index (χ2v) is 4.44. The average molecular weight is 226 g/mol. The molecule has 3 nitrogen and oxygen atoms in total. The number of aromatic nitrogens is 2. The minimum atomic E-state index is 0.730. The monoisotopic (exact) mass is 226 g/mol. The van der Waals surface area contributed by atoms with Crippen LogP contribution in [0.4, 0.5) is 0 Å². The lowest BCUT2D eigenvalue weighted by Gasteiger charge is -2.02. The third kappa shape index (κ3) is 1.84. The summed E-state index contributed by atoms with van der Waals surface area (Å²) in [5, 5.41) is 5.17. The second kappa shape index (κ2) is 3.77. The van der Waals surface area contributed by atoms with E-state index in [4.69, 9.17) is 4.52 Å². The van der Waals surface area contributed by atoms with E-state index in [0.717, 1.165) is 18.0 Å². The normalized spacial score (nSPS) is 11.2. The summed E-state index contributed by atoms with van der Waals surface area (Å²) < 4.78 is 7.41. The molecule has 3 heteroatoms. The molecule has 0 radical (unpaired) electrons. The zero-order chi connectivity index (χ0) is 11.8. The second-order valence-electron chi connectivity index (χ2n) is 4.44. The van der Waals surface area contributed by atoms with Crippen LogP contribution in [0.2, 0.25) is 0 Å². The van der Waals surface area contributed by atoms with Crippen molar-refractivity contribution in [2.24, 2.45) is 0 Å². The van der Waals surface area contributed by atoms with E-state index in [1.165, 1.54) is 16.5 Å². The van der Waals surface area contributed by atoms with Gasteiger partial charge in [-0.1, -0.05) is 16.8 Å². The van der Waals surface area contributed by atoms with E-state index in [1.807, 2.05) is 13.0 Å². The van der Waals surface area contributed by atoms with E-state index < -0.39 is 0 Å². The van der Waals surface area contributed by atoms with Gasteiger partial charge in [0.2, 0.25) is 0 Å². The predicted octanol–water partition coefficient (Wildman–Crippen LogP) is 3.29. The molecule has 2 aromatic heterocycles. The standard InChI is InChI=1S/C14H14N2O/c1-10-3-4-14-12(7-10)5-6-16(14)9-13-8-11(2)15-17-13/h3-8H,9H2,1-2H3. The Kier molecular flexibility index (Phi) is 2.25. The van der Waals surface area contributed by atoms with Gasteiger partial charge in [-0.15, -0.1) is 0 Å². The van der Waals surface area contributed by atoms with Crippen LogP contribution in [0.3, 0.4) is 0 Å². The molecule has 0 aliphatic rings. The van der Waals surface area contributed by atoms with Crippen LogP contribution in [0.15, 0.2) is 41.1 Å². The van der Waals surface area contributed by atoms with Crippen molar-refractivity contribution in [3.05, 3.63) is 53.5 Å². The lowest BCUT2D eigenvalue weighted by Crippen LogP contribution is -1.96. The Morgan fingerprint density at radius 3 is 2.82 bits per heavy atom. The minimum absolute atomic E-state index is 0.730. The molecule has 0 bridgehead atoms. The molecule has 86 valence electrons. The molecule has 17 heavy (non-hydrogen) atoms. The maximum atomic E-state index is 5.24. The summed E-state index contributed by atoms with van der Waals surface area (Å²) >= 11 is 0. The summed E-state index contributed by atoms with van der Waals surface area (Å²) in [5.41, 5.74) is 3.43. The fourth-order valence-corrected chi connectivity index (χ4v) is 2.12. The highest BCUT2D eigenvalue weighted by atomic mass is 16.5. The lowest BCUT2D eigenvalue weighted by atomic mass is 10.2. The maximum absolute atomic E-state index is 5.24. The van der Waals surface area contributed by atoms with Crippen molar-refractivity contribution in [2.75, 3.05) is 0 Å². The van der Waals surface area contributed by atoms with Gasteiger partial charge in [-0.25, -0.2) is 0 Å². The third-order valence-corrected chi connectivity index (χ3v) is 2.93. The molecule has 0 saturated carbocycles. The van der Waals surface area contributed by atoms with Crippen molar-refractivity contribution in [1.82, 2.24) is 9.72 Å². The van der Waals surface area contributed by atoms with Gasteiger partial charge >= 0.3 is 0 Å². The molecule has 0 saturated heterocycles. The van der Waals surface area contributed by atoms with Gasteiger partial charge in [0.25, 0.3) is 0 Å². The SMILES string of the molecule is Cc1ccc2c(ccn2Cc2cc(C)no2)c1. The Labute approximate surface area is 99.6 Å². The summed E-state index contributed by atoms with van der Waals surface area (Å²) in [6.45, 7) is 4.77. The van der Waals surface area contributed by atoms with Crippen molar-refractivity contribution >= 4 is 10.9 Å². The summed E-state index contributed by atoms with van der Waals surface area (Å²) in [4.78, 5) is 0. The molecule has 3 rings (SSSR count). The smallest absolute Gasteiger partial charge is 0.156 e. The van der Waals surface area contributed by atoms with Gasteiger partial charge in [0.05, 0.1) is 12.2 Å². The molecule has 0 atom stereocenters. The summed E-state index contributed by atoms with van der Waals surface area (Å²) in [6.07, 6.45) is 2.09. The molecule has 1 aromatic carbocycles. The zero-order valence-corrected chi connectivity index (χ0v) is 9.97. The molecule has 0 aliphatic carbocycles. The largest absolute Gasteiger partial charge is 0.359 e. The van der Waals surface area contributed by atoms with Crippen LogP contribution in [0, 0.1) is 13.8 Å². The molecule has 0 unspecified atom stereocenters. The Morgan fingerprint density at radius 2 is 2.06 bits per heavy atom. The van der Waals surface area contributed by atoms with Gasteiger partial charge in [-0.05, 0) is 37.4 Å². The fourth-order valence-electron chi connectivity index (χ4n) is 2.12. The van der Waals surface area contributed by atoms with Gasteiger partial charge < -0.3 is 9.09 Å². The number of hydrogen-bond donors (Lipinski definition) is 0. The molecule has 0 N–H and O–H groups in total. The zero-order valence-electron chi connectivity index (χ0n) is 9.97. The van der Waals surface area contributed by atoms with E-state index in [-0.39, 0.29) is 0 Å². The Bertz CT molecular complexity index is 664. The average Bonchev–Trinajstić information content (AvgIpc) is 2.86. The molecular formula is C14H14N2O. The maximum Gasteiger partial charge on any atom is 0.156 e. The van der Waals surface area contributed by atoms with Crippen LogP contribution >= 0.6 is 0 Å². The molecule has 0 aliphatic heterocycles. The first-order chi connectivity index (χ1) is 8.22. The van der Waals surface area contributed by atoms with Crippen LogP contribution in [-0.2, 0) is 6.54 Å². The van der Waals surface area contributed by atoms with E-state index in [2.05, 4.69) is 47.1 Å². The van der Waals surface area contributed by atoms with Crippen LogP contribution in [0.25, 0.3) is 10.9 Å². The van der Waals surface area contributed by atoms with Crippen LogP contribution in [-0.4, -0.2) is 9.72 Å². The van der Waals surface area contributed by atoms with Crippen LogP contribution in [0.5, 0.6) is 0 Å². The fraction of sp³-hybridized carbons (Fsp3) is 0.214. The Balaban J connectivity index is 2.00. The topological polar surface area (TPSA) is 31.0 Å². The van der Waals surface area contributed by atoms with Gasteiger partial charge in [-0.2, -0.15) is 0 Å².